The van der Waals surface area contributed by atoms with Gasteiger partial charge >= 0.3 is 5.97 Å². The SMILES string of the molecule is CC(C)(C(=O)O)N1CCCNCC1.Cl. The van der Waals surface area contributed by atoms with Crippen molar-refractivity contribution in [2.24, 2.45) is 0 Å². The van der Waals surface area contributed by atoms with Crippen molar-refractivity contribution in [1.29, 1.82) is 0 Å². The number of nitrogens with one attached hydrogen (secondary N) is 1. The summed E-state index contributed by atoms with van der Waals surface area (Å²) in [4.78, 5) is 13.0. The fraction of sp³-hybridized carbons (Fsp3) is 0.889. The van der Waals surface area contributed by atoms with Gasteiger partial charge in [0, 0.05) is 19.6 Å². The van der Waals surface area contributed by atoms with E-state index in [9.17, 15) is 4.79 Å². The third kappa shape index (κ3) is 3.12. The minimum atomic E-state index is -0.741. The van der Waals surface area contributed by atoms with Gasteiger partial charge in [-0.3, -0.25) is 9.69 Å². The second kappa shape index (κ2) is 5.53. The Morgan fingerprint density at radius 2 is 2.00 bits per heavy atom. The van der Waals surface area contributed by atoms with Crippen molar-refractivity contribution < 1.29 is 9.90 Å². The Morgan fingerprint density at radius 1 is 1.36 bits per heavy atom. The molecule has 1 rings (SSSR count). The molecule has 0 unspecified atom stereocenters. The average molecular weight is 223 g/mol. The molecule has 1 aliphatic heterocycles. The lowest BCUT2D eigenvalue weighted by atomic mass is 10.0. The third-order valence-corrected chi connectivity index (χ3v) is 2.65. The number of carboxylic acid groups (broad SMARTS) is 1. The van der Waals surface area contributed by atoms with Crippen LogP contribution < -0.4 is 5.32 Å². The standard InChI is InChI=1S/C9H18N2O2.ClH/c1-9(2,8(12)13)11-6-3-4-10-5-7-11;/h10H,3-7H2,1-2H3,(H,12,13);1H. The molecule has 0 atom stereocenters. The summed E-state index contributed by atoms with van der Waals surface area (Å²) in [5.41, 5.74) is -0.730. The highest BCUT2D eigenvalue weighted by molar-refractivity contribution is 5.85. The van der Waals surface area contributed by atoms with Crippen LogP contribution in [0.15, 0.2) is 0 Å². The molecule has 0 aliphatic carbocycles. The monoisotopic (exact) mass is 222 g/mol. The van der Waals surface area contributed by atoms with Crippen LogP contribution >= 0.6 is 12.4 Å². The number of nitrogens with zero attached hydrogens (tertiary/aromatic N) is 1. The van der Waals surface area contributed by atoms with E-state index < -0.39 is 11.5 Å². The number of carboxylic acids is 1. The summed E-state index contributed by atoms with van der Waals surface area (Å²) in [6, 6.07) is 0. The van der Waals surface area contributed by atoms with Gasteiger partial charge in [-0.2, -0.15) is 0 Å². The van der Waals surface area contributed by atoms with Gasteiger partial charge in [0.1, 0.15) is 5.54 Å². The number of aliphatic carboxylic acids is 1. The maximum atomic E-state index is 11.0. The second-order valence-corrected chi connectivity index (χ2v) is 3.95. The van der Waals surface area contributed by atoms with Crippen LogP contribution in [-0.4, -0.2) is 47.7 Å². The van der Waals surface area contributed by atoms with Crippen molar-refractivity contribution in [2.45, 2.75) is 25.8 Å². The van der Waals surface area contributed by atoms with Crippen molar-refractivity contribution in [1.82, 2.24) is 10.2 Å². The van der Waals surface area contributed by atoms with Gasteiger partial charge in [-0.05, 0) is 26.8 Å². The fourth-order valence-electron chi connectivity index (χ4n) is 1.54. The summed E-state index contributed by atoms with van der Waals surface area (Å²) in [5.74, 6) is -0.741. The van der Waals surface area contributed by atoms with Gasteiger partial charge in [0.2, 0.25) is 0 Å². The molecule has 0 aromatic rings. The van der Waals surface area contributed by atoms with Crippen molar-refractivity contribution in [3.05, 3.63) is 0 Å². The van der Waals surface area contributed by atoms with Crippen LogP contribution in [0, 0.1) is 0 Å². The molecule has 1 fully saturated rings. The molecule has 2 N–H and O–H groups in total. The smallest absolute Gasteiger partial charge is 0.323 e. The first kappa shape index (κ1) is 13.7. The molecule has 0 radical (unpaired) electrons. The quantitative estimate of drug-likeness (QED) is 0.717. The molecule has 0 amide bonds. The first-order chi connectivity index (χ1) is 6.05. The summed E-state index contributed by atoms with van der Waals surface area (Å²) in [5, 5.41) is 12.3. The van der Waals surface area contributed by atoms with Crippen LogP contribution in [0.2, 0.25) is 0 Å². The minimum Gasteiger partial charge on any atom is -0.480 e. The Morgan fingerprint density at radius 3 is 2.57 bits per heavy atom. The van der Waals surface area contributed by atoms with Gasteiger partial charge in [-0.25, -0.2) is 0 Å². The number of halogens is 1. The van der Waals surface area contributed by atoms with Crippen molar-refractivity contribution in [2.75, 3.05) is 26.2 Å². The zero-order valence-corrected chi connectivity index (χ0v) is 9.56. The van der Waals surface area contributed by atoms with E-state index in [2.05, 4.69) is 5.32 Å². The molecule has 1 heterocycles. The summed E-state index contributed by atoms with van der Waals surface area (Å²) in [6.45, 7) is 7.09. The maximum absolute atomic E-state index is 11.0. The largest absolute Gasteiger partial charge is 0.480 e. The second-order valence-electron chi connectivity index (χ2n) is 3.95. The Kier molecular flexibility index (Phi) is 5.41. The van der Waals surface area contributed by atoms with E-state index in [0.717, 1.165) is 32.6 Å². The Bertz CT molecular complexity index is 189. The number of hydrogen-bond acceptors (Lipinski definition) is 3. The van der Waals surface area contributed by atoms with Crippen LogP contribution in [-0.2, 0) is 4.79 Å². The predicted octanol–water partition coefficient (Wildman–Crippen LogP) is 0.567. The van der Waals surface area contributed by atoms with Crippen LogP contribution in [0.5, 0.6) is 0 Å². The molecular formula is C9H19ClN2O2. The normalized spacial score (nSPS) is 19.6. The lowest BCUT2D eigenvalue weighted by Crippen LogP contribution is -2.51. The molecule has 14 heavy (non-hydrogen) atoms. The van der Waals surface area contributed by atoms with Gasteiger partial charge in [0.05, 0.1) is 0 Å². The number of rotatable bonds is 2. The van der Waals surface area contributed by atoms with Crippen molar-refractivity contribution in [3.8, 4) is 0 Å². The van der Waals surface area contributed by atoms with E-state index >= 15 is 0 Å². The minimum absolute atomic E-state index is 0. The maximum Gasteiger partial charge on any atom is 0.323 e. The molecule has 0 bridgehead atoms. The average Bonchev–Trinajstić information content (AvgIpc) is 2.31. The first-order valence-electron chi connectivity index (χ1n) is 4.74. The molecule has 1 saturated heterocycles. The summed E-state index contributed by atoms with van der Waals surface area (Å²) >= 11 is 0. The highest BCUT2D eigenvalue weighted by Crippen LogP contribution is 2.15. The molecule has 1 aliphatic rings. The molecule has 84 valence electrons. The van der Waals surface area contributed by atoms with Crippen LogP contribution in [0.4, 0.5) is 0 Å². The molecule has 4 nitrogen and oxygen atoms in total. The van der Waals surface area contributed by atoms with Crippen molar-refractivity contribution >= 4 is 18.4 Å². The van der Waals surface area contributed by atoms with E-state index in [1.807, 2.05) is 4.90 Å². The van der Waals surface area contributed by atoms with Gasteiger partial charge in [-0.15, -0.1) is 12.4 Å². The lowest BCUT2D eigenvalue weighted by molar-refractivity contribution is -0.149. The fourth-order valence-corrected chi connectivity index (χ4v) is 1.54. The molecule has 0 aromatic carbocycles. The van der Waals surface area contributed by atoms with Crippen LogP contribution in [0.25, 0.3) is 0 Å². The number of hydrogen-bond donors (Lipinski definition) is 2. The molecular weight excluding hydrogens is 204 g/mol. The van der Waals surface area contributed by atoms with Gasteiger partial charge in [-0.1, -0.05) is 0 Å². The van der Waals surface area contributed by atoms with E-state index in [-0.39, 0.29) is 12.4 Å². The van der Waals surface area contributed by atoms with Gasteiger partial charge < -0.3 is 10.4 Å². The van der Waals surface area contributed by atoms with E-state index in [4.69, 9.17) is 5.11 Å². The zero-order valence-electron chi connectivity index (χ0n) is 8.75. The van der Waals surface area contributed by atoms with E-state index in [0.29, 0.717) is 0 Å². The molecule has 0 spiro atoms. The van der Waals surface area contributed by atoms with E-state index in [1.54, 1.807) is 13.8 Å². The highest BCUT2D eigenvalue weighted by atomic mass is 35.5. The summed E-state index contributed by atoms with van der Waals surface area (Å²) in [6.07, 6.45) is 1.02. The van der Waals surface area contributed by atoms with Crippen LogP contribution in [0.3, 0.4) is 0 Å². The Labute approximate surface area is 91.1 Å². The first-order valence-corrected chi connectivity index (χ1v) is 4.74. The van der Waals surface area contributed by atoms with Gasteiger partial charge in [0.15, 0.2) is 0 Å². The molecule has 5 heteroatoms. The van der Waals surface area contributed by atoms with Crippen LogP contribution in [0.1, 0.15) is 20.3 Å². The summed E-state index contributed by atoms with van der Waals surface area (Å²) < 4.78 is 0. The lowest BCUT2D eigenvalue weighted by Gasteiger charge is -2.33. The third-order valence-electron chi connectivity index (χ3n) is 2.65. The predicted molar refractivity (Wildman–Crippen MR) is 58.0 cm³/mol. The molecule has 0 saturated carbocycles. The Balaban J connectivity index is 0.00000169. The van der Waals surface area contributed by atoms with E-state index in [1.165, 1.54) is 0 Å². The van der Waals surface area contributed by atoms with Gasteiger partial charge in [0.25, 0.3) is 0 Å². The zero-order chi connectivity index (χ0) is 9.90. The topological polar surface area (TPSA) is 52.6 Å². The summed E-state index contributed by atoms with van der Waals surface area (Å²) in [7, 11) is 0. The highest BCUT2D eigenvalue weighted by Gasteiger charge is 2.34. The Hall–Kier alpha value is -0.320. The van der Waals surface area contributed by atoms with Crippen molar-refractivity contribution in [3.63, 3.8) is 0 Å². The molecule has 0 aromatic heterocycles. The number of carbonyl (C=O) groups is 1.